The van der Waals surface area contributed by atoms with E-state index in [4.69, 9.17) is 14.2 Å². The summed E-state index contributed by atoms with van der Waals surface area (Å²) in [5.41, 5.74) is 2.43. The van der Waals surface area contributed by atoms with Gasteiger partial charge in [-0.2, -0.15) is 5.10 Å². The molecule has 0 unspecified atom stereocenters. The number of aryl methyl sites for hydroxylation is 1. The van der Waals surface area contributed by atoms with Gasteiger partial charge in [0.1, 0.15) is 0 Å². The zero-order chi connectivity index (χ0) is 23.4. The molecule has 9 heteroatoms. The molecule has 0 radical (unpaired) electrons. The molecular formula is C23H28N4O5. The number of fused-ring (bicyclic) bond motifs is 1. The maximum Gasteiger partial charge on any atom is 0.339 e. The number of nitrogens with one attached hydrogen (secondary N) is 1. The fourth-order valence-electron chi connectivity index (χ4n) is 3.29. The molecule has 3 aromatic rings. The highest BCUT2D eigenvalue weighted by Gasteiger charge is 2.23. The van der Waals surface area contributed by atoms with Crippen LogP contribution in [0, 0.1) is 6.92 Å². The SMILES string of the molecule is COc1ccc(CNC(=O)[C@@H](C)OC(=O)c2cc(C)nc3c2cnn3C(C)C)cc1OC. The molecule has 1 amide bonds. The van der Waals surface area contributed by atoms with Gasteiger partial charge in [0.25, 0.3) is 5.91 Å². The largest absolute Gasteiger partial charge is 0.493 e. The van der Waals surface area contributed by atoms with Crippen molar-refractivity contribution in [2.75, 3.05) is 14.2 Å². The summed E-state index contributed by atoms with van der Waals surface area (Å²) in [4.78, 5) is 29.8. The van der Waals surface area contributed by atoms with Gasteiger partial charge in [0, 0.05) is 18.3 Å². The van der Waals surface area contributed by atoms with Crippen LogP contribution in [0.25, 0.3) is 11.0 Å². The lowest BCUT2D eigenvalue weighted by Gasteiger charge is -2.15. The van der Waals surface area contributed by atoms with Crippen molar-refractivity contribution in [1.29, 1.82) is 0 Å². The van der Waals surface area contributed by atoms with Crippen LogP contribution in [-0.4, -0.2) is 47.0 Å². The maximum atomic E-state index is 12.8. The molecule has 0 aliphatic heterocycles. The van der Waals surface area contributed by atoms with Crippen molar-refractivity contribution in [3.63, 3.8) is 0 Å². The number of carbonyl (C=O) groups excluding carboxylic acids is 2. The zero-order valence-electron chi connectivity index (χ0n) is 19.1. The van der Waals surface area contributed by atoms with Crippen LogP contribution in [0.1, 0.15) is 48.4 Å². The molecule has 0 bridgehead atoms. The molecular weight excluding hydrogens is 412 g/mol. The van der Waals surface area contributed by atoms with Crippen LogP contribution >= 0.6 is 0 Å². The summed E-state index contributed by atoms with van der Waals surface area (Å²) < 4.78 is 17.7. The molecule has 0 fully saturated rings. The molecule has 9 nitrogen and oxygen atoms in total. The summed E-state index contributed by atoms with van der Waals surface area (Å²) in [6, 6.07) is 7.09. The highest BCUT2D eigenvalue weighted by Crippen LogP contribution is 2.27. The van der Waals surface area contributed by atoms with E-state index < -0.39 is 18.0 Å². The predicted octanol–water partition coefficient (Wildman–Crippen LogP) is 3.20. The van der Waals surface area contributed by atoms with E-state index >= 15 is 0 Å². The summed E-state index contributed by atoms with van der Waals surface area (Å²) in [6.07, 6.45) is 0.617. The van der Waals surface area contributed by atoms with E-state index in [1.807, 2.05) is 19.9 Å². The molecule has 0 spiro atoms. The first-order valence-corrected chi connectivity index (χ1v) is 10.3. The van der Waals surface area contributed by atoms with Gasteiger partial charge in [-0.15, -0.1) is 0 Å². The molecule has 0 saturated heterocycles. The van der Waals surface area contributed by atoms with Crippen LogP contribution in [-0.2, 0) is 16.1 Å². The van der Waals surface area contributed by atoms with Crippen LogP contribution in [0.4, 0.5) is 0 Å². The molecule has 32 heavy (non-hydrogen) atoms. The number of pyridine rings is 1. The van der Waals surface area contributed by atoms with E-state index in [0.717, 1.165) is 5.56 Å². The topological polar surface area (TPSA) is 105 Å². The van der Waals surface area contributed by atoms with E-state index in [2.05, 4.69) is 15.4 Å². The van der Waals surface area contributed by atoms with Gasteiger partial charge in [-0.25, -0.2) is 14.5 Å². The number of ether oxygens (including phenoxy) is 3. The van der Waals surface area contributed by atoms with Crippen LogP contribution in [0.5, 0.6) is 11.5 Å². The number of carbonyl (C=O) groups is 2. The summed E-state index contributed by atoms with van der Waals surface area (Å²) in [7, 11) is 3.10. The third-order valence-corrected chi connectivity index (χ3v) is 4.97. The van der Waals surface area contributed by atoms with Crippen LogP contribution in [0.2, 0.25) is 0 Å². The molecule has 0 aliphatic rings. The lowest BCUT2D eigenvalue weighted by atomic mass is 10.1. The summed E-state index contributed by atoms with van der Waals surface area (Å²) in [5.74, 6) is 0.160. The maximum absolute atomic E-state index is 12.8. The van der Waals surface area contributed by atoms with Gasteiger partial charge in [0.15, 0.2) is 23.3 Å². The molecule has 1 aromatic carbocycles. The third kappa shape index (κ3) is 4.82. The number of methoxy groups -OCH3 is 2. The second-order valence-corrected chi connectivity index (χ2v) is 7.69. The van der Waals surface area contributed by atoms with Crippen molar-refractivity contribution in [2.24, 2.45) is 0 Å². The molecule has 3 rings (SSSR count). The minimum atomic E-state index is -0.980. The Morgan fingerprint density at radius 1 is 1.09 bits per heavy atom. The highest BCUT2D eigenvalue weighted by molar-refractivity contribution is 6.03. The van der Waals surface area contributed by atoms with Gasteiger partial charge in [-0.3, -0.25) is 4.79 Å². The van der Waals surface area contributed by atoms with Gasteiger partial charge < -0.3 is 19.5 Å². The number of hydrogen-bond acceptors (Lipinski definition) is 7. The fraction of sp³-hybridized carbons (Fsp3) is 0.391. The third-order valence-electron chi connectivity index (χ3n) is 4.97. The van der Waals surface area contributed by atoms with Crippen molar-refractivity contribution in [3.8, 4) is 11.5 Å². The molecule has 170 valence electrons. The van der Waals surface area contributed by atoms with Crippen LogP contribution < -0.4 is 14.8 Å². The van der Waals surface area contributed by atoms with Gasteiger partial charge >= 0.3 is 5.97 Å². The average molecular weight is 441 g/mol. The average Bonchev–Trinajstić information content (AvgIpc) is 3.20. The first kappa shape index (κ1) is 23.1. The lowest BCUT2D eigenvalue weighted by molar-refractivity contribution is -0.129. The van der Waals surface area contributed by atoms with E-state index in [1.54, 1.807) is 50.2 Å². The van der Waals surface area contributed by atoms with E-state index in [-0.39, 0.29) is 12.6 Å². The van der Waals surface area contributed by atoms with Crippen molar-refractivity contribution in [1.82, 2.24) is 20.1 Å². The number of aromatic nitrogens is 3. The van der Waals surface area contributed by atoms with Gasteiger partial charge in [-0.1, -0.05) is 6.07 Å². The van der Waals surface area contributed by atoms with Crippen molar-refractivity contribution in [3.05, 3.63) is 47.3 Å². The standard InChI is InChI=1S/C23H28N4O5/c1-13(2)27-21-18(12-25-27)17(9-14(3)26-21)23(29)32-15(4)22(28)24-11-16-7-8-19(30-5)20(10-16)31-6/h7-10,12-13,15H,11H2,1-6H3,(H,24,28)/t15-/m1/s1. The predicted molar refractivity (Wildman–Crippen MR) is 119 cm³/mol. The molecule has 1 N–H and O–H groups in total. The van der Waals surface area contributed by atoms with Crippen LogP contribution in [0.3, 0.4) is 0 Å². The quantitative estimate of drug-likeness (QED) is 0.536. The second kappa shape index (κ2) is 9.67. The first-order chi connectivity index (χ1) is 15.2. The Balaban J connectivity index is 1.69. The molecule has 2 heterocycles. The van der Waals surface area contributed by atoms with E-state index in [0.29, 0.717) is 33.8 Å². The first-order valence-electron chi connectivity index (χ1n) is 10.3. The number of esters is 1. The normalized spacial score (nSPS) is 12.0. The highest BCUT2D eigenvalue weighted by atomic mass is 16.5. The van der Waals surface area contributed by atoms with E-state index in [1.165, 1.54) is 6.92 Å². The number of hydrogen-bond donors (Lipinski definition) is 1. The molecule has 0 saturated carbocycles. The van der Waals surface area contributed by atoms with Crippen molar-refractivity contribution in [2.45, 2.75) is 46.4 Å². The summed E-state index contributed by atoms with van der Waals surface area (Å²) >= 11 is 0. The number of benzene rings is 1. The zero-order valence-corrected chi connectivity index (χ0v) is 19.1. The second-order valence-electron chi connectivity index (χ2n) is 7.69. The Morgan fingerprint density at radius 3 is 2.47 bits per heavy atom. The number of amides is 1. The van der Waals surface area contributed by atoms with Gasteiger partial charge in [0.05, 0.1) is 31.4 Å². The number of nitrogens with zero attached hydrogens (tertiary/aromatic N) is 3. The molecule has 1 atom stereocenters. The van der Waals surface area contributed by atoms with Crippen molar-refractivity contribution < 1.29 is 23.8 Å². The minimum absolute atomic E-state index is 0.0898. The summed E-state index contributed by atoms with van der Waals surface area (Å²) in [6.45, 7) is 7.55. The number of rotatable bonds is 8. The Morgan fingerprint density at radius 2 is 1.81 bits per heavy atom. The van der Waals surface area contributed by atoms with E-state index in [9.17, 15) is 9.59 Å². The minimum Gasteiger partial charge on any atom is -0.493 e. The van der Waals surface area contributed by atoms with Crippen molar-refractivity contribution >= 4 is 22.9 Å². The monoisotopic (exact) mass is 440 g/mol. The van der Waals surface area contributed by atoms with Gasteiger partial charge in [-0.05, 0) is 51.5 Å². The van der Waals surface area contributed by atoms with Crippen LogP contribution in [0.15, 0.2) is 30.5 Å². The van der Waals surface area contributed by atoms with Gasteiger partial charge in [0.2, 0.25) is 0 Å². The smallest absolute Gasteiger partial charge is 0.339 e. The summed E-state index contributed by atoms with van der Waals surface area (Å²) in [5, 5.41) is 7.69. The Labute approximate surface area is 186 Å². The Hall–Kier alpha value is -3.62. The Bertz CT molecular complexity index is 1140. The molecule has 0 aliphatic carbocycles. The lowest BCUT2D eigenvalue weighted by Crippen LogP contribution is -2.35. The molecule has 2 aromatic heterocycles. The Kier molecular flexibility index (Phi) is 6.97. The fourth-order valence-corrected chi connectivity index (χ4v) is 3.29.